The summed E-state index contributed by atoms with van der Waals surface area (Å²) in [5.41, 5.74) is 5.70. The second-order valence-corrected chi connectivity index (χ2v) is 11.1. The predicted octanol–water partition coefficient (Wildman–Crippen LogP) is 5.76. The van der Waals surface area contributed by atoms with E-state index in [1.165, 1.54) is 0 Å². The molecule has 0 saturated heterocycles. The van der Waals surface area contributed by atoms with Gasteiger partial charge in [0.1, 0.15) is 5.75 Å². The van der Waals surface area contributed by atoms with Crippen LogP contribution >= 0.6 is 0 Å². The van der Waals surface area contributed by atoms with E-state index >= 15 is 0 Å². The molecule has 1 aliphatic rings. The summed E-state index contributed by atoms with van der Waals surface area (Å²) in [6.45, 7) is 8.30. The zero-order chi connectivity index (χ0) is 24.4. The summed E-state index contributed by atoms with van der Waals surface area (Å²) >= 11 is 0. The van der Waals surface area contributed by atoms with Gasteiger partial charge in [-0.3, -0.25) is 9.52 Å². The van der Waals surface area contributed by atoms with Crippen LogP contribution in [0.3, 0.4) is 0 Å². The number of ether oxygens (including phenoxy) is 1. The Labute approximate surface area is 196 Å². The summed E-state index contributed by atoms with van der Waals surface area (Å²) in [4.78, 5) is 12.6. The molecule has 5 nitrogen and oxygen atoms in total. The van der Waals surface area contributed by atoms with Crippen LogP contribution in [0.1, 0.15) is 55.0 Å². The first-order valence-electron chi connectivity index (χ1n) is 10.8. The second-order valence-electron chi connectivity index (χ2n) is 9.31. The smallest absolute Gasteiger partial charge is 0.229 e. The number of anilines is 1. The second kappa shape index (κ2) is 9.40. The van der Waals surface area contributed by atoms with Crippen molar-refractivity contribution in [1.29, 1.82) is 0 Å². The third-order valence-corrected chi connectivity index (χ3v) is 6.07. The summed E-state index contributed by atoms with van der Waals surface area (Å²) in [6.07, 6.45) is 11.1. The lowest BCUT2D eigenvalue weighted by molar-refractivity contribution is -0.113. The van der Waals surface area contributed by atoms with E-state index in [1.807, 2.05) is 49.4 Å². The van der Waals surface area contributed by atoms with Gasteiger partial charge in [-0.05, 0) is 53.3 Å². The lowest BCUT2D eigenvalue weighted by atomic mass is 9.82. The Bertz CT molecular complexity index is 1280. The summed E-state index contributed by atoms with van der Waals surface area (Å²) < 4.78 is 31.3. The van der Waals surface area contributed by atoms with E-state index in [4.69, 9.17) is 4.74 Å². The first-order valence-corrected chi connectivity index (χ1v) is 12.7. The number of ketones is 1. The predicted molar refractivity (Wildman–Crippen MR) is 137 cm³/mol. The highest BCUT2D eigenvalue weighted by molar-refractivity contribution is 7.92. The number of Topliss-reactive ketones (excluding diaryl/α,β-unsaturated/α-hetero) is 1. The normalized spacial score (nSPS) is 14.5. The van der Waals surface area contributed by atoms with Crippen molar-refractivity contribution in [3.05, 3.63) is 76.4 Å². The highest BCUT2D eigenvalue weighted by Crippen LogP contribution is 2.38. The zero-order valence-corrected chi connectivity index (χ0v) is 20.8. The lowest BCUT2D eigenvalue weighted by Crippen LogP contribution is -2.15. The molecule has 2 aromatic carbocycles. The molecule has 33 heavy (non-hydrogen) atoms. The fourth-order valence-corrected chi connectivity index (χ4v) is 4.39. The average Bonchev–Trinajstić information content (AvgIpc) is 2.71. The van der Waals surface area contributed by atoms with Gasteiger partial charge in [0.05, 0.1) is 13.4 Å². The number of aryl methyl sites for hydroxylation is 1. The number of hydrogen-bond donors (Lipinski definition) is 1. The number of allylic oxidation sites excluding steroid dienone is 4. The minimum Gasteiger partial charge on any atom is -0.496 e. The number of nitrogens with one attached hydrogen (secondary N) is 1. The SMILES string of the molecule is COc1c(/C=C/c2ccc(NS(C)(=O)=O)cc2C)cc(C2=CC=CCC2=O)cc1C(C)(C)C. The standard InChI is InChI=1S/C27H31NO4S/c1-18-15-22(28-33(6,30)31)14-13-19(18)11-12-20-16-21(23-9-7-8-10-25(23)29)17-24(26(20)32-5)27(2,3)4/h7-9,11-17,28H,10H2,1-6H3/b12-11+. The highest BCUT2D eigenvalue weighted by Gasteiger charge is 2.24. The van der Waals surface area contributed by atoms with Crippen LogP contribution in [0.15, 0.2) is 48.6 Å². The van der Waals surface area contributed by atoms with Crippen LogP contribution in [0.25, 0.3) is 17.7 Å². The minimum absolute atomic E-state index is 0.0993. The molecule has 1 N–H and O–H groups in total. The number of carbonyl (C=O) groups excluding carboxylic acids is 1. The molecular formula is C27H31NO4S. The lowest BCUT2D eigenvalue weighted by Gasteiger charge is -2.25. The van der Waals surface area contributed by atoms with Crippen LogP contribution in [0.5, 0.6) is 5.75 Å². The van der Waals surface area contributed by atoms with E-state index in [0.29, 0.717) is 17.7 Å². The molecule has 174 valence electrons. The molecule has 0 unspecified atom stereocenters. The maximum Gasteiger partial charge on any atom is 0.229 e. The number of benzene rings is 2. The molecule has 1 aliphatic carbocycles. The van der Waals surface area contributed by atoms with Crippen molar-refractivity contribution in [3.63, 3.8) is 0 Å². The molecule has 0 saturated carbocycles. The van der Waals surface area contributed by atoms with Crippen LogP contribution in [0, 0.1) is 6.92 Å². The number of methoxy groups -OCH3 is 1. The van der Waals surface area contributed by atoms with E-state index < -0.39 is 10.0 Å². The quantitative estimate of drug-likeness (QED) is 0.551. The molecule has 0 fully saturated rings. The van der Waals surface area contributed by atoms with Gasteiger partial charge >= 0.3 is 0 Å². The average molecular weight is 466 g/mol. The molecule has 0 aromatic heterocycles. The van der Waals surface area contributed by atoms with Crippen molar-refractivity contribution in [2.45, 2.75) is 39.5 Å². The van der Waals surface area contributed by atoms with E-state index in [9.17, 15) is 13.2 Å². The summed E-state index contributed by atoms with van der Waals surface area (Å²) in [5.74, 6) is 0.872. The first kappa shape index (κ1) is 24.5. The van der Waals surface area contributed by atoms with Gasteiger partial charge in [0.15, 0.2) is 5.78 Å². The van der Waals surface area contributed by atoms with E-state index in [2.05, 4.69) is 31.6 Å². The van der Waals surface area contributed by atoms with Gasteiger partial charge in [0.2, 0.25) is 10.0 Å². The van der Waals surface area contributed by atoms with Gasteiger partial charge in [-0.25, -0.2) is 8.42 Å². The van der Waals surface area contributed by atoms with Crippen molar-refractivity contribution < 1.29 is 17.9 Å². The molecule has 2 aromatic rings. The Hall–Kier alpha value is -3.12. The first-order chi connectivity index (χ1) is 15.4. The van der Waals surface area contributed by atoms with Crippen LogP contribution in [-0.4, -0.2) is 27.6 Å². The number of rotatable bonds is 6. The van der Waals surface area contributed by atoms with Gasteiger partial charge in [-0.15, -0.1) is 0 Å². The van der Waals surface area contributed by atoms with Crippen LogP contribution in [-0.2, 0) is 20.2 Å². The molecular weight excluding hydrogens is 434 g/mol. The van der Waals surface area contributed by atoms with Gasteiger partial charge in [-0.2, -0.15) is 0 Å². The van der Waals surface area contributed by atoms with Gasteiger partial charge < -0.3 is 4.74 Å². The molecule has 0 bridgehead atoms. The van der Waals surface area contributed by atoms with Crippen molar-refractivity contribution in [2.24, 2.45) is 0 Å². The molecule has 0 spiro atoms. The van der Waals surface area contributed by atoms with Crippen molar-refractivity contribution in [2.75, 3.05) is 18.1 Å². The Kier molecular flexibility index (Phi) is 6.98. The van der Waals surface area contributed by atoms with E-state index in [0.717, 1.165) is 39.8 Å². The molecule has 6 heteroatoms. The van der Waals surface area contributed by atoms with Gasteiger partial charge in [0.25, 0.3) is 0 Å². The Morgan fingerprint density at radius 3 is 2.33 bits per heavy atom. The minimum atomic E-state index is -3.33. The molecule has 0 atom stereocenters. The Morgan fingerprint density at radius 2 is 1.76 bits per heavy atom. The maximum atomic E-state index is 12.6. The largest absolute Gasteiger partial charge is 0.496 e. The maximum absolute atomic E-state index is 12.6. The van der Waals surface area contributed by atoms with Crippen LogP contribution < -0.4 is 9.46 Å². The molecule has 0 radical (unpaired) electrons. The van der Waals surface area contributed by atoms with Crippen molar-refractivity contribution in [1.82, 2.24) is 0 Å². The molecule has 3 rings (SSSR count). The van der Waals surface area contributed by atoms with Crippen molar-refractivity contribution >= 4 is 39.2 Å². The Balaban J connectivity index is 2.09. The van der Waals surface area contributed by atoms with Gasteiger partial charge in [0, 0.05) is 28.8 Å². The number of sulfonamides is 1. The summed E-state index contributed by atoms with van der Waals surface area (Å²) in [7, 11) is -1.67. The van der Waals surface area contributed by atoms with E-state index in [-0.39, 0.29) is 11.2 Å². The fraction of sp³-hybridized carbons (Fsp3) is 0.296. The summed E-state index contributed by atoms with van der Waals surface area (Å²) in [6, 6.07) is 9.45. The van der Waals surface area contributed by atoms with Crippen LogP contribution in [0.4, 0.5) is 5.69 Å². The number of hydrogen-bond acceptors (Lipinski definition) is 4. The number of carbonyl (C=O) groups is 1. The van der Waals surface area contributed by atoms with Crippen LogP contribution in [0.2, 0.25) is 0 Å². The third kappa shape index (κ3) is 6.02. The topological polar surface area (TPSA) is 72.5 Å². The monoisotopic (exact) mass is 465 g/mol. The van der Waals surface area contributed by atoms with E-state index in [1.54, 1.807) is 19.2 Å². The Morgan fingerprint density at radius 1 is 1.06 bits per heavy atom. The van der Waals surface area contributed by atoms with Gasteiger partial charge in [-0.1, -0.05) is 57.2 Å². The summed E-state index contributed by atoms with van der Waals surface area (Å²) in [5, 5.41) is 0. The molecule has 0 amide bonds. The molecule has 0 aliphatic heterocycles. The zero-order valence-electron chi connectivity index (χ0n) is 20.0. The van der Waals surface area contributed by atoms with Crippen molar-refractivity contribution in [3.8, 4) is 5.75 Å². The fourth-order valence-electron chi connectivity index (χ4n) is 3.83. The third-order valence-electron chi connectivity index (χ3n) is 5.46. The highest BCUT2D eigenvalue weighted by atomic mass is 32.2. The molecule has 0 heterocycles.